The van der Waals surface area contributed by atoms with E-state index in [1.165, 1.54) is 91.6 Å². The second-order valence-corrected chi connectivity index (χ2v) is 15.7. The standard InChI is InChI=1S/C49H31NS2/c1-3-15-32(16-4-1)36-21-14-25-41-48(36)52-45-28-12-9-24-40(45)49(41)39-23-8-11-27-44(39)51-46-30-29-33(31-42(46)49)35-20-13-22-38-37-19-7-10-26-43(37)50(47(35)38)34-17-5-2-6-18-34/h1-31H. The molecular weight excluding hydrogens is 667 g/mol. The minimum Gasteiger partial charge on any atom is -0.309 e. The lowest BCUT2D eigenvalue weighted by molar-refractivity contribution is 0.668. The predicted molar refractivity (Wildman–Crippen MR) is 218 cm³/mol. The number of hydrogen-bond donors (Lipinski definition) is 0. The highest BCUT2D eigenvalue weighted by Crippen LogP contribution is 2.63. The molecule has 2 aliphatic heterocycles. The fourth-order valence-corrected chi connectivity index (χ4v) is 11.3. The number of para-hydroxylation sites is 3. The van der Waals surface area contributed by atoms with Crippen molar-refractivity contribution >= 4 is 45.3 Å². The second-order valence-electron chi connectivity index (χ2n) is 13.6. The van der Waals surface area contributed by atoms with Crippen molar-refractivity contribution in [2.24, 2.45) is 0 Å². The maximum absolute atomic E-state index is 2.52. The molecule has 0 aliphatic carbocycles. The van der Waals surface area contributed by atoms with Crippen molar-refractivity contribution in [3.05, 3.63) is 210 Å². The molecule has 52 heavy (non-hydrogen) atoms. The van der Waals surface area contributed by atoms with E-state index in [1.54, 1.807) is 0 Å². The van der Waals surface area contributed by atoms with Crippen molar-refractivity contribution in [2.45, 2.75) is 25.0 Å². The first-order valence-corrected chi connectivity index (χ1v) is 19.4. The summed E-state index contributed by atoms with van der Waals surface area (Å²) in [7, 11) is 0. The molecule has 0 radical (unpaired) electrons. The van der Waals surface area contributed by atoms with E-state index < -0.39 is 5.41 Å². The molecule has 1 unspecified atom stereocenters. The van der Waals surface area contributed by atoms with Gasteiger partial charge in [-0.15, -0.1) is 0 Å². The van der Waals surface area contributed by atoms with Gasteiger partial charge in [0.1, 0.15) is 0 Å². The van der Waals surface area contributed by atoms with E-state index in [0.717, 1.165) is 0 Å². The zero-order valence-corrected chi connectivity index (χ0v) is 29.8. The summed E-state index contributed by atoms with van der Waals surface area (Å²) in [6.45, 7) is 0. The average molecular weight is 698 g/mol. The Morgan fingerprint density at radius 1 is 0.385 bits per heavy atom. The van der Waals surface area contributed by atoms with Crippen LogP contribution in [0.5, 0.6) is 0 Å². The zero-order valence-electron chi connectivity index (χ0n) is 28.2. The van der Waals surface area contributed by atoms with Crippen molar-refractivity contribution in [2.75, 3.05) is 0 Å². The highest BCUT2D eigenvalue weighted by atomic mass is 32.2. The fraction of sp³-hybridized carbons (Fsp3) is 0.0204. The highest BCUT2D eigenvalue weighted by Gasteiger charge is 2.49. The first-order valence-electron chi connectivity index (χ1n) is 17.8. The van der Waals surface area contributed by atoms with Gasteiger partial charge in [0.15, 0.2) is 0 Å². The summed E-state index contributed by atoms with van der Waals surface area (Å²) in [5, 5.41) is 2.53. The van der Waals surface area contributed by atoms with Crippen LogP contribution in [0.4, 0.5) is 0 Å². The molecule has 0 amide bonds. The largest absolute Gasteiger partial charge is 0.309 e. The van der Waals surface area contributed by atoms with Crippen LogP contribution in [0.3, 0.4) is 0 Å². The van der Waals surface area contributed by atoms with Crippen LogP contribution in [0, 0.1) is 0 Å². The molecular formula is C49H31NS2. The molecule has 8 aromatic carbocycles. The summed E-state index contributed by atoms with van der Waals surface area (Å²) in [5.74, 6) is 0. The van der Waals surface area contributed by atoms with Crippen LogP contribution in [0.2, 0.25) is 0 Å². The smallest absolute Gasteiger partial charge is 0.0745 e. The molecule has 1 atom stereocenters. The van der Waals surface area contributed by atoms with Crippen LogP contribution < -0.4 is 0 Å². The molecule has 0 N–H and O–H groups in total. The molecule has 0 saturated heterocycles. The van der Waals surface area contributed by atoms with Gasteiger partial charge in [-0.05, 0) is 81.4 Å². The van der Waals surface area contributed by atoms with Crippen LogP contribution in [0.1, 0.15) is 22.3 Å². The van der Waals surface area contributed by atoms with Crippen molar-refractivity contribution in [3.63, 3.8) is 0 Å². The van der Waals surface area contributed by atoms with Gasteiger partial charge >= 0.3 is 0 Å². The number of nitrogens with zero attached hydrogens (tertiary/aromatic N) is 1. The highest BCUT2D eigenvalue weighted by molar-refractivity contribution is 8.00. The second kappa shape index (κ2) is 11.6. The van der Waals surface area contributed by atoms with Crippen LogP contribution in [0.25, 0.3) is 49.7 Å². The van der Waals surface area contributed by atoms with E-state index in [2.05, 4.69) is 193 Å². The van der Waals surface area contributed by atoms with Crippen molar-refractivity contribution in [3.8, 4) is 27.9 Å². The monoisotopic (exact) mass is 697 g/mol. The lowest BCUT2D eigenvalue weighted by atomic mass is 9.64. The fourth-order valence-electron chi connectivity index (χ4n) is 8.79. The number of fused-ring (bicyclic) bond motifs is 11. The molecule has 11 rings (SSSR count). The predicted octanol–water partition coefficient (Wildman–Crippen LogP) is 13.4. The zero-order chi connectivity index (χ0) is 34.2. The molecule has 244 valence electrons. The van der Waals surface area contributed by atoms with Gasteiger partial charge in [0, 0.05) is 41.6 Å². The topological polar surface area (TPSA) is 4.93 Å². The molecule has 9 aromatic rings. The van der Waals surface area contributed by atoms with E-state index >= 15 is 0 Å². The molecule has 0 saturated carbocycles. The Kier molecular flexibility index (Phi) is 6.70. The lowest BCUT2D eigenvalue weighted by Crippen LogP contribution is -2.36. The van der Waals surface area contributed by atoms with Crippen molar-refractivity contribution < 1.29 is 0 Å². The SMILES string of the molecule is c1ccc(-c2cccc3c2Sc2ccccc2C32c3ccccc3Sc3ccc(-c4cccc5c6ccccc6n(-c6ccccc6)c45)cc32)cc1. The molecule has 3 heteroatoms. The summed E-state index contributed by atoms with van der Waals surface area (Å²) >= 11 is 3.81. The van der Waals surface area contributed by atoms with Gasteiger partial charge < -0.3 is 4.57 Å². The third-order valence-corrected chi connectivity index (χ3v) is 13.3. The Bertz CT molecular complexity index is 2840. The third kappa shape index (κ3) is 4.21. The maximum atomic E-state index is 2.52. The van der Waals surface area contributed by atoms with Gasteiger partial charge in [0.25, 0.3) is 0 Å². The van der Waals surface area contributed by atoms with Crippen LogP contribution >= 0.6 is 23.5 Å². The molecule has 1 aromatic heterocycles. The molecule has 1 spiro atoms. The number of benzene rings is 8. The van der Waals surface area contributed by atoms with E-state index in [1.807, 2.05) is 23.5 Å². The Morgan fingerprint density at radius 2 is 0.981 bits per heavy atom. The molecule has 0 bridgehead atoms. The van der Waals surface area contributed by atoms with Gasteiger partial charge in [-0.2, -0.15) is 0 Å². The normalized spacial score (nSPS) is 15.6. The van der Waals surface area contributed by atoms with Gasteiger partial charge in [0.05, 0.1) is 16.4 Å². The summed E-state index contributed by atoms with van der Waals surface area (Å²) < 4.78 is 2.45. The molecule has 3 heterocycles. The summed E-state index contributed by atoms with van der Waals surface area (Å²) in [6.07, 6.45) is 0. The van der Waals surface area contributed by atoms with E-state index in [9.17, 15) is 0 Å². The Labute approximate surface area is 311 Å². The number of rotatable bonds is 3. The van der Waals surface area contributed by atoms with E-state index in [-0.39, 0.29) is 0 Å². The van der Waals surface area contributed by atoms with Gasteiger partial charge in [-0.3, -0.25) is 0 Å². The van der Waals surface area contributed by atoms with E-state index in [0.29, 0.717) is 0 Å². The molecule has 2 aliphatic rings. The maximum Gasteiger partial charge on any atom is 0.0745 e. The van der Waals surface area contributed by atoms with Crippen LogP contribution in [0.15, 0.2) is 208 Å². The number of hydrogen-bond acceptors (Lipinski definition) is 2. The quantitative estimate of drug-likeness (QED) is 0.181. The average Bonchev–Trinajstić information content (AvgIpc) is 3.56. The molecule has 0 fully saturated rings. The van der Waals surface area contributed by atoms with Gasteiger partial charge in [-0.1, -0.05) is 169 Å². The Morgan fingerprint density at radius 3 is 1.79 bits per heavy atom. The van der Waals surface area contributed by atoms with Gasteiger partial charge in [-0.25, -0.2) is 0 Å². The summed E-state index contributed by atoms with van der Waals surface area (Å²) in [5.41, 5.74) is 13.5. The third-order valence-electron chi connectivity index (χ3n) is 10.9. The summed E-state index contributed by atoms with van der Waals surface area (Å²) in [6, 6.07) is 69.7. The van der Waals surface area contributed by atoms with Gasteiger partial charge in [0.2, 0.25) is 0 Å². The Hall–Kier alpha value is -5.74. The van der Waals surface area contributed by atoms with Crippen LogP contribution in [-0.4, -0.2) is 4.57 Å². The van der Waals surface area contributed by atoms with Crippen molar-refractivity contribution in [1.29, 1.82) is 0 Å². The first-order chi connectivity index (χ1) is 25.8. The van der Waals surface area contributed by atoms with E-state index in [4.69, 9.17) is 0 Å². The van der Waals surface area contributed by atoms with Crippen molar-refractivity contribution in [1.82, 2.24) is 4.57 Å². The number of aromatic nitrogens is 1. The lowest BCUT2D eigenvalue weighted by Gasteiger charge is -2.46. The summed E-state index contributed by atoms with van der Waals surface area (Å²) in [4.78, 5) is 5.25. The molecule has 1 nitrogen and oxygen atoms in total. The Balaban J connectivity index is 1.25. The van der Waals surface area contributed by atoms with Crippen LogP contribution in [-0.2, 0) is 5.41 Å². The minimum absolute atomic E-state index is 0.505. The minimum atomic E-state index is -0.505. The first kappa shape index (κ1) is 29.9.